The molecule has 0 N–H and O–H groups in total. The van der Waals surface area contributed by atoms with Gasteiger partial charge >= 0.3 is 23.1 Å². The zero-order valence-corrected chi connectivity index (χ0v) is 7.03. The van der Waals surface area contributed by atoms with Crippen LogP contribution in [-0.2, 0) is 0 Å². The summed E-state index contributed by atoms with van der Waals surface area (Å²) in [5, 5.41) is 0. The quantitative estimate of drug-likeness (QED) is 0.409. The van der Waals surface area contributed by atoms with Gasteiger partial charge < -0.3 is 0 Å². The van der Waals surface area contributed by atoms with Gasteiger partial charge in [0, 0.05) is 0 Å². The lowest BCUT2D eigenvalue weighted by molar-refractivity contribution is 0.450. The van der Waals surface area contributed by atoms with Gasteiger partial charge in [0.2, 0.25) is 0 Å². The minimum atomic E-state index is -0.131. The van der Waals surface area contributed by atoms with Crippen LogP contribution >= 0.6 is 0 Å². The molecule has 0 heterocycles. The predicted molar refractivity (Wildman–Crippen MR) is 52.5 cm³/mol. The van der Waals surface area contributed by atoms with Gasteiger partial charge in [-0.3, -0.25) is 4.39 Å². The molecule has 0 saturated carbocycles. The molecule has 0 nitrogen and oxygen atoms in total. The first-order chi connectivity index (χ1) is 4.91. The first-order valence-corrected chi connectivity index (χ1v) is 4.47. The summed E-state index contributed by atoms with van der Waals surface area (Å²) < 4.78 is 11.6. The van der Waals surface area contributed by atoms with Crippen molar-refractivity contribution < 1.29 is 4.39 Å². The van der Waals surface area contributed by atoms with Crippen molar-refractivity contribution in [3.63, 3.8) is 0 Å². The first kappa shape index (κ1) is 14.2. The third-order valence-corrected chi connectivity index (χ3v) is 1.74. The minimum absolute atomic E-state index is 0. The summed E-state index contributed by atoms with van der Waals surface area (Å²) in [6, 6.07) is 0. The van der Waals surface area contributed by atoms with Crippen LogP contribution in [0.4, 0.5) is 4.39 Å². The van der Waals surface area contributed by atoms with Crippen LogP contribution in [0.15, 0.2) is 0 Å². The summed E-state index contributed by atoms with van der Waals surface area (Å²) in [6.07, 6.45) is 8.35. The summed E-state index contributed by atoms with van der Waals surface area (Å²) in [4.78, 5) is 0. The van der Waals surface area contributed by atoms with Crippen LogP contribution in [0.25, 0.3) is 0 Å². The largest absolute Gasteiger partial charge is 0.316 e. The lowest BCUT2D eigenvalue weighted by atomic mass is 10.1. The van der Waals surface area contributed by atoms with E-state index in [0.717, 1.165) is 12.8 Å². The van der Waals surface area contributed by atoms with Gasteiger partial charge in [-0.25, -0.2) is 0 Å². The Hall–Kier alpha value is 0.696. The summed E-state index contributed by atoms with van der Waals surface area (Å²) in [6.45, 7) is 2.08. The molecule has 0 spiro atoms. The Kier molecular flexibility index (Phi) is 17.2. The average molecular weight is 173 g/mol. The van der Waals surface area contributed by atoms with Crippen molar-refractivity contribution in [3.8, 4) is 0 Å². The molecule has 0 bridgehead atoms. The molecule has 0 rings (SSSR count). The highest BCUT2D eigenvalue weighted by molar-refractivity contribution is 5.75. The number of rotatable bonds is 7. The number of halogens is 1. The maximum absolute atomic E-state index is 11.6. The van der Waals surface area contributed by atoms with E-state index in [0.29, 0.717) is 0 Å². The first-order valence-electron chi connectivity index (χ1n) is 4.47. The number of hydrogen-bond acceptors (Lipinski definition) is 0. The van der Waals surface area contributed by atoms with E-state index >= 15 is 0 Å². The summed E-state index contributed by atoms with van der Waals surface area (Å²) in [7, 11) is 0. The molecule has 0 fully saturated rings. The molecule has 2 heteroatoms. The van der Waals surface area contributed by atoms with E-state index in [1.807, 2.05) is 0 Å². The van der Waals surface area contributed by atoms with Crippen molar-refractivity contribution in [2.45, 2.75) is 51.9 Å². The SMILES string of the molecule is CCCCCCCCCF.[MgH2]. The fraction of sp³-hybridized carbons (Fsp3) is 1.00. The van der Waals surface area contributed by atoms with E-state index in [1.165, 1.54) is 32.1 Å². The predicted octanol–water partition coefficient (Wildman–Crippen LogP) is 2.79. The van der Waals surface area contributed by atoms with E-state index < -0.39 is 0 Å². The van der Waals surface area contributed by atoms with Gasteiger partial charge in [-0.1, -0.05) is 45.4 Å². The topological polar surface area (TPSA) is 0 Å². The van der Waals surface area contributed by atoms with Crippen molar-refractivity contribution >= 4 is 23.1 Å². The van der Waals surface area contributed by atoms with Crippen LogP contribution in [-0.4, -0.2) is 29.7 Å². The van der Waals surface area contributed by atoms with Crippen molar-refractivity contribution in [3.05, 3.63) is 0 Å². The highest BCUT2D eigenvalue weighted by atomic mass is 24.3. The van der Waals surface area contributed by atoms with E-state index in [4.69, 9.17) is 0 Å². The molecule has 0 amide bonds. The zero-order chi connectivity index (χ0) is 7.66. The lowest BCUT2D eigenvalue weighted by Gasteiger charge is -1.96. The van der Waals surface area contributed by atoms with Crippen molar-refractivity contribution in [2.75, 3.05) is 6.67 Å². The molecule has 66 valence electrons. The molecule has 0 radical (unpaired) electrons. The average Bonchev–Trinajstić information content (AvgIpc) is 1.97. The lowest BCUT2D eigenvalue weighted by Crippen LogP contribution is -1.80. The van der Waals surface area contributed by atoms with Crippen LogP contribution in [0.2, 0.25) is 0 Å². The fourth-order valence-electron chi connectivity index (χ4n) is 1.05. The fourth-order valence-corrected chi connectivity index (χ4v) is 1.05. The van der Waals surface area contributed by atoms with Crippen LogP contribution < -0.4 is 0 Å². The molecular weight excluding hydrogens is 151 g/mol. The van der Waals surface area contributed by atoms with Gasteiger partial charge in [0.15, 0.2) is 0 Å². The van der Waals surface area contributed by atoms with E-state index in [1.54, 1.807) is 0 Å². The molecule has 0 aromatic carbocycles. The molecule has 0 aromatic rings. The molecule has 0 aliphatic rings. The van der Waals surface area contributed by atoms with E-state index in [9.17, 15) is 4.39 Å². The smallest absolute Gasteiger partial charge is 0.251 e. The maximum atomic E-state index is 11.6. The van der Waals surface area contributed by atoms with E-state index in [-0.39, 0.29) is 29.7 Å². The minimum Gasteiger partial charge on any atom is -0.251 e. The van der Waals surface area contributed by atoms with Crippen LogP contribution in [0, 0.1) is 0 Å². The molecule has 11 heavy (non-hydrogen) atoms. The second-order valence-electron chi connectivity index (χ2n) is 2.81. The Labute approximate surface area is 86.1 Å². The molecule has 0 aliphatic carbocycles. The Morgan fingerprint density at radius 3 is 1.73 bits per heavy atom. The normalized spacial score (nSPS) is 9.27. The second kappa shape index (κ2) is 13.3. The third kappa shape index (κ3) is 13.7. The molecule has 0 aromatic heterocycles. The van der Waals surface area contributed by atoms with Gasteiger partial charge in [-0.05, 0) is 6.42 Å². The van der Waals surface area contributed by atoms with Gasteiger partial charge in [0.1, 0.15) is 0 Å². The zero-order valence-electron chi connectivity index (χ0n) is 7.03. The summed E-state index contributed by atoms with van der Waals surface area (Å²) in [5.41, 5.74) is 0. The van der Waals surface area contributed by atoms with Gasteiger partial charge in [0.25, 0.3) is 0 Å². The number of alkyl halides is 1. The number of unbranched alkanes of at least 4 members (excludes halogenated alkanes) is 6. The van der Waals surface area contributed by atoms with Crippen LogP contribution in [0.5, 0.6) is 0 Å². The van der Waals surface area contributed by atoms with E-state index in [2.05, 4.69) is 6.92 Å². The van der Waals surface area contributed by atoms with Crippen molar-refractivity contribution in [2.24, 2.45) is 0 Å². The second-order valence-corrected chi connectivity index (χ2v) is 2.81. The highest BCUT2D eigenvalue weighted by Crippen LogP contribution is 2.06. The number of hydrogen-bond donors (Lipinski definition) is 0. The Morgan fingerprint density at radius 2 is 1.27 bits per heavy atom. The maximum Gasteiger partial charge on any atom is 0.316 e. The van der Waals surface area contributed by atoms with Crippen LogP contribution in [0.3, 0.4) is 0 Å². The molecule has 0 atom stereocenters. The Balaban J connectivity index is 0. The summed E-state index contributed by atoms with van der Waals surface area (Å²) >= 11 is 0. The van der Waals surface area contributed by atoms with Gasteiger partial charge in [-0.2, -0.15) is 0 Å². The molecule has 0 aliphatic heterocycles. The van der Waals surface area contributed by atoms with Gasteiger partial charge in [0.05, 0.1) is 6.67 Å². The Bertz CT molecular complexity index is 49.5. The monoisotopic (exact) mass is 172 g/mol. The van der Waals surface area contributed by atoms with Crippen LogP contribution in [0.1, 0.15) is 51.9 Å². The Morgan fingerprint density at radius 1 is 0.818 bits per heavy atom. The standard InChI is InChI=1S/C9H19F.Mg.2H/c1-2-3-4-5-6-7-8-9-10;;;/h2-9H2,1H3;;;. The molecule has 0 unspecified atom stereocenters. The molecule has 0 saturated heterocycles. The van der Waals surface area contributed by atoms with Crippen molar-refractivity contribution in [1.29, 1.82) is 0 Å². The van der Waals surface area contributed by atoms with Crippen molar-refractivity contribution in [1.82, 2.24) is 0 Å². The van der Waals surface area contributed by atoms with Gasteiger partial charge in [-0.15, -0.1) is 0 Å². The third-order valence-electron chi connectivity index (χ3n) is 1.74. The summed E-state index contributed by atoms with van der Waals surface area (Å²) in [5.74, 6) is 0. The molecular formula is C9H21FMg. The highest BCUT2D eigenvalue weighted by Gasteiger charge is 1.88.